The summed E-state index contributed by atoms with van der Waals surface area (Å²) in [5.41, 5.74) is 5.03. The molecule has 1 heterocycles. The van der Waals surface area contributed by atoms with Gasteiger partial charge in [0.2, 0.25) is 11.8 Å². The second-order valence-corrected chi connectivity index (χ2v) is 12.4. The van der Waals surface area contributed by atoms with Crippen LogP contribution in [0.3, 0.4) is 0 Å². The summed E-state index contributed by atoms with van der Waals surface area (Å²) in [7, 11) is 1.61. The quantitative estimate of drug-likeness (QED) is 0.120. The van der Waals surface area contributed by atoms with E-state index in [1.165, 1.54) is 11.2 Å². The minimum atomic E-state index is -1.05. The van der Waals surface area contributed by atoms with Crippen molar-refractivity contribution in [2.75, 3.05) is 18.5 Å². The maximum atomic E-state index is 14.7. The molecule has 0 aliphatic carbocycles. The van der Waals surface area contributed by atoms with Gasteiger partial charge in [0.1, 0.15) is 31.0 Å². The van der Waals surface area contributed by atoms with Gasteiger partial charge in [-0.1, -0.05) is 97.9 Å². The predicted molar refractivity (Wildman–Crippen MR) is 197 cm³/mol. The summed E-state index contributed by atoms with van der Waals surface area (Å²) in [4.78, 5) is 52.5. The number of alkyl carbamates (subject to hydrolysis) is 1. The van der Waals surface area contributed by atoms with Crippen LogP contribution in [-0.2, 0) is 40.4 Å². The molecule has 3 amide bonds. The molecule has 0 saturated heterocycles. The topological polar surface area (TPSA) is 117 Å². The van der Waals surface area contributed by atoms with Gasteiger partial charge in [0.05, 0.1) is 12.0 Å². The third kappa shape index (κ3) is 10.3. The monoisotopic (exact) mass is 687 g/mol. The number of anilines is 1. The van der Waals surface area contributed by atoms with Gasteiger partial charge in [-0.3, -0.25) is 9.59 Å². The van der Waals surface area contributed by atoms with Crippen LogP contribution in [0.15, 0.2) is 122 Å². The Bertz CT molecular complexity index is 1830. The van der Waals surface area contributed by atoms with Crippen LogP contribution in [0, 0.1) is 6.92 Å². The highest BCUT2D eigenvalue weighted by Gasteiger charge is 2.36. The summed E-state index contributed by atoms with van der Waals surface area (Å²) in [5, 5.41) is 2.75. The fourth-order valence-electron chi connectivity index (χ4n) is 5.81. The lowest BCUT2D eigenvalue weighted by molar-refractivity contribution is -0.139. The summed E-state index contributed by atoms with van der Waals surface area (Å²) in [5.74, 6) is 0.0216. The average Bonchev–Trinajstić information content (AvgIpc) is 3.68. The summed E-state index contributed by atoms with van der Waals surface area (Å²) in [6.45, 7) is 4.92. The lowest BCUT2D eigenvalue weighted by Gasteiger charge is -2.35. The molecule has 0 bridgehead atoms. The Balaban J connectivity index is 1.40. The van der Waals surface area contributed by atoms with Crippen LogP contribution < -0.4 is 15.0 Å². The zero-order valence-electron chi connectivity index (χ0n) is 29.3. The van der Waals surface area contributed by atoms with Gasteiger partial charge in [-0.05, 0) is 53.8 Å². The first-order valence-electron chi connectivity index (χ1n) is 17.2. The van der Waals surface area contributed by atoms with Gasteiger partial charge in [0.15, 0.2) is 0 Å². The van der Waals surface area contributed by atoms with Gasteiger partial charge in [-0.15, -0.1) is 0 Å². The summed E-state index contributed by atoms with van der Waals surface area (Å²) in [6.07, 6.45) is 3.48. The number of aromatic amines is 1. The standard InChI is InChI=1S/C41H45N5O5/c1-4-23-46(37-18-12-11-13-30(37)2)40(48)38(24-31-19-21-35(22-20-31)50-27-32-14-7-5-8-15-32)45(3)39(47)36(25-34-26-42-29-43-34)44-41(49)51-28-33-16-9-6-10-17-33/h5-22,26,29,36,38H,4,23-25,27-28H2,1-3H3,(H,42,43)(H,44,49). The van der Waals surface area contributed by atoms with Crippen molar-refractivity contribution in [3.63, 3.8) is 0 Å². The molecule has 264 valence electrons. The fraction of sp³-hybridized carbons (Fsp3) is 0.268. The Morgan fingerprint density at radius 2 is 1.43 bits per heavy atom. The van der Waals surface area contributed by atoms with E-state index < -0.39 is 24.1 Å². The molecular weight excluding hydrogens is 642 g/mol. The van der Waals surface area contributed by atoms with Crippen molar-refractivity contribution in [1.82, 2.24) is 20.2 Å². The first-order valence-corrected chi connectivity index (χ1v) is 17.2. The van der Waals surface area contributed by atoms with E-state index >= 15 is 0 Å². The second kappa shape index (κ2) is 18.2. The van der Waals surface area contributed by atoms with E-state index in [2.05, 4.69) is 15.3 Å². The molecular formula is C41H45N5O5. The third-order valence-corrected chi connectivity index (χ3v) is 8.59. The van der Waals surface area contributed by atoms with Crippen LogP contribution in [0.25, 0.3) is 0 Å². The molecule has 2 atom stereocenters. The molecule has 0 radical (unpaired) electrons. The molecule has 4 aromatic carbocycles. The number of ether oxygens (including phenoxy) is 2. The van der Waals surface area contributed by atoms with Gasteiger partial charge in [-0.2, -0.15) is 0 Å². The molecule has 2 unspecified atom stereocenters. The van der Waals surface area contributed by atoms with E-state index in [9.17, 15) is 14.4 Å². The fourth-order valence-corrected chi connectivity index (χ4v) is 5.81. The molecule has 1 aromatic heterocycles. The largest absolute Gasteiger partial charge is 0.489 e. The van der Waals surface area contributed by atoms with Crippen LogP contribution in [0.2, 0.25) is 0 Å². The van der Waals surface area contributed by atoms with Crippen molar-refractivity contribution in [2.45, 2.75) is 58.4 Å². The number of hydrogen-bond donors (Lipinski definition) is 2. The number of para-hydroxylation sites is 1. The molecule has 10 nitrogen and oxygen atoms in total. The number of carbonyl (C=O) groups excluding carboxylic acids is 3. The summed E-state index contributed by atoms with van der Waals surface area (Å²) < 4.78 is 11.5. The Morgan fingerprint density at radius 1 is 0.784 bits per heavy atom. The van der Waals surface area contributed by atoms with Crippen LogP contribution in [0.5, 0.6) is 5.75 Å². The minimum Gasteiger partial charge on any atom is -0.489 e. The van der Waals surface area contributed by atoms with Crippen molar-refractivity contribution >= 4 is 23.6 Å². The third-order valence-electron chi connectivity index (χ3n) is 8.59. The Morgan fingerprint density at radius 3 is 2.06 bits per heavy atom. The molecule has 10 heteroatoms. The van der Waals surface area contributed by atoms with E-state index in [-0.39, 0.29) is 25.4 Å². The lowest BCUT2D eigenvalue weighted by Crippen LogP contribution is -2.56. The van der Waals surface area contributed by atoms with Gasteiger partial charge in [-0.25, -0.2) is 9.78 Å². The molecule has 5 aromatic rings. The SMILES string of the molecule is CCCN(C(=O)C(Cc1ccc(OCc2ccccc2)cc1)N(C)C(=O)C(Cc1c[nH]cn1)NC(=O)OCc1ccccc1)c1ccccc1C. The van der Waals surface area contributed by atoms with Crippen LogP contribution in [0.4, 0.5) is 10.5 Å². The number of hydrogen-bond acceptors (Lipinski definition) is 6. The highest BCUT2D eigenvalue weighted by molar-refractivity contribution is 6.00. The number of likely N-dealkylation sites (N-methyl/N-ethyl adjacent to an activating group) is 1. The molecule has 2 N–H and O–H groups in total. The first-order chi connectivity index (χ1) is 24.8. The number of rotatable bonds is 16. The second-order valence-electron chi connectivity index (χ2n) is 12.4. The van der Waals surface area contributed by atoms with E-state index in [0.29, 0.717) is 31.0 Å². The number of nitrogens with one attached hydrogen (secondary N) is 2. The van der Waals surface area contributed by atoms with Crippen molar-refractivity contribution < 1.29 is 23.9 Å². The number of amides is 3. The zero-order chi connectivity index (χ0) is 36.0. The van der Waals surface area contributed by atoms with Crippen molar-refractivity contribution in [1.29, 1.82) is 0 Å². The number of imidazole rings is 1. The zero-order valence-corrected chi connectivity index (χ0v) is 29.3. The van der Waals surface area contributed by atoms with Crippen molar-refractivity contribution in [2.24, 2.45) is 0 Å². The Labute approximate surface area is 299 Å². The highest BCUT2D eigenvalue weighted by atomic mass is 16.5. The van der Waals surface area contributed by atoms with E-state index in [4.69, 9.17) is 9.47 Å². The molecule has 0 fully saturated rings. The van der Waals surface area contributed by atoms with E-state index in [1.54, 1.807) is 18.1 Å². The number of benzene rings is 4. The lowest BCUT2D eigenvalue weighted by atomic mass is 10.0. The molecule has 0 spiro atoms. The normalized spacial score (nSPS) is 12.0. The van der Waals surface area contributed by atoms with Crippen LogP contribution in [0.1, 0.15) is 41.3 Å². The van der Waals surface area contributed by atoms with Crippen molar-refractivity contribution in [3.8, 4) is 5.75 Å². The van der Waals surface area contributed by atoms with Crippen LogP contribution in [-0.4, -0.2) is 58.5 Å². The Kier molecular flexibility index (Phi) is 13.0. The van der Waals surface area contributed by atoms with E-state index in [0.717, 1.165) is 27.9 Å². The average molecular weight is 688 g/mol. The Hall–Kier alpha value is -5.90. The number of aromatic nitrogens is 2. The van der Waals surface area contributed by atoms with Crippen molar-refractivity contribution in [3.05, 3.63) is 150 Å². The highest BCUT2D eigenvalue weighted by Crippen LogP contribution is 2.24. The maximum absolute atomic E-state index is 14.7. The minimum absolute atomic E-state index is 0.0421. The smallest absolute Gasteiger partial charge is 0.408 e. The molecule has 51 heavy (non-hydrogen) atoms. The number of H-pyrrole nitrogens is 1. The summed E-state index contributed by atoms with van der Waals surface area (Å²) >= 11 is 0. The number of nitrogens with zero attached hydrogens (tertiary/aromatic N) is 3. The first kappa shape index (κ1) is 36.4. The number of carbonyl (C=O) groups is 3. The van der Waals surface area contributed by atoms with Crippen LogP contribution >= 0.6 is 0 Å². The molecule has 0 aliphatic rings. The van der Waals surface area contributed by atoms with E-state index in [1.807, 2.05) is 123 Å². The van der Waals surface area contributed by atoms with Gasteiger partial charge in [0.25, 0.3) is 0 Å². The molecule has 0 saturated carbocycles. The van der Waals surface area contributed by atoms with Gasteiger partial charge >= 0.3 is 6.09 Å². The predicted octanol–water partition coefficient (Wildman–Crippen LogP) is 6.65. The number of aryl methyl sites for hydroxylation is 1. The molecule has 5 rings (SSSR count). The summed E-state index contributed by atoms with van der Waals surface area (Å²) in [6, 6.07) is 32.6. The van der Waals surface area contributed by atoms with Gasteiger partial charge in [0, 0.05) is 38.3 Å². The van der Waals surface area contributed by atoms with Gasteiger partial charge < -0.3 is 29.6 Å². The molecule has 0 aliphatic heterocycles. The maximum Gasteiger partial charge on any atom is 0.408 e.